The Kier molecular flexibility index (Phi) is 8.63. The number of nitrogens with one attached hydrogen (secondary N) is 1. The van der Waals surface area contributed by atoms with Crippen molar-refractivity contribution in [2.75, 3.05) is 13.7 Å². The Labute approximate surface area is 257 Å². The maximum Gasteiger partial charge on any atom is 0.332 e. The van der Waals surface area contributed by atoms with Gasteiger partial charge in [-0.05, 0) is 59.1 Å². The summed E-state index contributed by atoms with van der Waals surface area (Å²) >= 11 is 0. The van der Waals surface area contributed by atoms with E-state index in [2.05, 4.69) is 11.9 Å². The van der Waals surface area contributed by atoms with E-state index in [0.29, 0.717) is 34.8 Å². The van der Waals surface area contributed by atoms with Crippen molar-refractivity contribution in [1.82, 2.24) is 15.3 Å². The number of carbonyl (C=O) groups excluding carboxylic acids is 3. The number of benzene rings is 2. The van der Waals surface area contributed by atoms with E-state index in [1.165, 1.54) is 0 Å². The van der Waals surface area contributed by atoms with Gasteiger partial charge in [-0.2, -0.15) is 4.98 Å². The van der Waals surface area contributed by atoms with Crippen molar-refractivity contribution in [2.24, 2.45) is 17.8 Å². The van der Waals surface area contributed by atoms with Crippen LogP contribution >= 0.6 is 0 Å². The lowest BCUT2D eigenvalue weighted by molar-refractivity contribution is -0.163. The Morgan fingerprint density at radius 3 is 2.43 bits per heavy atom. The summed E-state index contributed by atoms with van der Waals surface area (Å²) in [5.74, 6) is -1.82. The van der Waals surface area contributed by atoms with Crippen LogP contribution in [0.4, 0.5) is 0 Å². The third-order valence-corrected chi connectivity index (χ3v) is 8.03. The van der Waals surface area contributed by atoms with Gasteiger partial charge in [-0.15, -0.1) is 6.58 Å². The van der Waals surface area contributed by atoms with Crippen LogP contribution in [0.5, 0.6) is 11.6 Å². The highest BCUT2D eigenvalue weighted by Gasteiger charge is 2.62. The molecule has 1 amide bonds. The molecule has 0 spiro atoms. The molecule has 2 saturated carbocycles. The second-order valence-corrected chi connectivity index (χ2v) is 12.3. The zero-order valence-corrected chi connectivity index (χ0v) is 25.8. The molecule has 0 saturated heterocycles. The fraction of sp³-hybridized carbons (Fsp3) is 0.441. The molecule has 0 aliphatic heterocycles. The fourth-order valence-corrected chi connectivity index (χ4v) is 5.76. The van der Waals surface area contributed by atoms with E-state index < -0.39 is 46.9 Å². The van der Waals surface area contributed by atoms with Gasteiger partial charge in [0.1, 0.15) is 23.0 Å². The van der Waals surface area contributed by atoms with E-state index in [4.69, 9.17) is 28.9 Å². The number of nitrogens with zero attached hydrogens (tertiary/aromatic N) is 2. The summed E-state index contributed by atoms with van der Waals surface area (Å²) in [4.78, 5) is 49.6. The number of hydrogen-bond donors (Lipinski definition) is 1. The van der Waals surface area contributed by atoms with Gasteiger partial charge in [0.2, 0.25) is 11.8 Å². The molecule has 2 aromatic carbocycles. The van der Waals surface area contributed by atoms with Gasteiger partial charge in [0.05, 0.1) is 36.5 Å². The minimum absolute atomic E-state index is 0.184. The standard InChI is InChI=1S/C34H39N3O7/c1-7-21-19-34(21,32(40)42-8-2)37-29(38)25-16-23(17-26(25)31(39)44-33(3,4)5)43-30-24-15-14-22(41-6)18-27(24)35-28(36-30)20-12-10-9-11-13-20/h7,9-15,18,21,23,25-26H,1,8,16-17,19H2,2-6H3,(H,37,38)/t21?,23-,25?,26-,34?/m1/s1. The maximum absolute atomic E-state index is 13.8. The molecule has 3 aromatic rings. The van der Waals surface area contributed by atoms with E-state index in [1.807, 2.05) is 42.5 Å². The minimum Gasteiger partial charge on any atom is -0.497 e. The van der Waals surface area contributed by atoms with Gasteiger partial charge < -0.3 is 24.3 Å². The Balaban J connectivity index is 1.46. The van der Waals surface area contributed by atoms with Crippen LogP contribution in [-0.4, -0.2) is 58.8 Å². The third-order valence-electron chi connectivity index (χ3n) is 8.03. The fourth-order valence-electron chi connectivity index (χ4n) is 5.76. The molecule has 2 aliphatic carbocycles. The summed E-state index contributed by atoms with van der Waals surface area (Å²) in [5.41, 5.74) is -0.494. The first-order chi connectivity index (χ1) is 21.0. The summed E-state index contributed by atoms with van der Waals surface area (Å²) < 4.78 is 22.9. The second kappa shape index (κ2) is 12.3. The molecule has 10 nitrogen and oxygen atoms in total. The van der Waals surface area contributed by atoms with Crippen molar-refractivity contribution in [3.05, 3.63) is 61.2 Å². The number of methoxy groups -OCH3 is 1. The van der Waals surface area contributed by atoms with Crippen LogP contribution < -0.4 is 14.8 Å². The van der Waals surface area contributed by atoms with Crippen LogP contribution in [0.25, 0.3) is 22.3 Å². The predicted molar refractivity (Wildman–Crippen MR) is 164 cm³/mol. The van der Waals surface area contributed by atoms with E-state index in [9.17, 15) is 14.4 Å². The quantitative estimate of drug-likeness (QED) is 0.251. The van der Waals surface area contributed by atoms with E-state index >= 15 is 0 Å². The number of rotatable bonds is 10. The highest BCUT2D eigenvalue weighted by molar-refractivity contribution is 5.94. The van der Waals surface area contributed by atoms with Crippen molar-refractivity contribution in [3.8, 4) is 23.0 Å². The molecule has 5 rings (SSSR count). The molecule has 1 aromatic heterocycles. The number of aromatic nitrogens is 2. The van der Waals surface area contributed by atoms with Crippen LogP contribution in [0.15, 0.2) is 61.2 Å². The van der Waals surface area contributed by atoms with Crippen LogP contribution in [0.1, 0.15) is 47.0 Å². The van der Waals surface area contributed by atoms with Crippen LogP contribution in [0.3, 0.4) is 0 Å². The van der Waals surface area contributed by atoms with Gasteiger partial charge in [-0.25, -0.2) is 9.78 Å². The summed E-state index contributed by atoms with van der Waals surface area (Å²) in [6, 6.07) is 15.0. The van der Waals surface area contributed by atoms with Crippen molar-refractivity contribution in [2.45, 2.75) is 64.2 Å². The molecular weight excluding hydrogens is 562 g/mol. The minimum atomic E-state index is -1.18. The summed E-state index contributed by atoms with van der Waals surface area (Å²) in [5, 5.41) is 3.58. The molecular formula is C34H39N3O7. The first kappa shape index (κ1) is 31.0. The lowest BCUT2D eigenvalue weighted by Gasteiger charge is -2.25. The van der Waals surface area contributed by atoms with Crippen LogP contribution in [0.2, 0.25) is 0 Å². The summed E-state index contributed by atoms with van der Waals surface area (Å²) in [7, 11) is 1.59. The topological polar surface area (TPSA) is 126 Å². The molecule has 44 heavy (non-hydrogen) atoms. The van der Waals surface area contributed by atoms with Crippen molar-refractivity contribution in [3.63, 3.8) is 0 Å². The highest BCUT2D eigenvalue weighted by atomic mass is 16.6. The number of amides is 1. The Hall–Kier alpha value is -4.47. The second-order valence-electron chi connectivity index (χ2n) is 12.3. The number of fused-ring (bicyclic) bond motifs is 1. The molecule has 3 unspecified atom stereocenters. The zero-order chi connectivity index (χ0) is 31.6. The van der Waals surface area contributed by atoms with Gasteiger partial charge in [0.25, 0.3) is 0 Å². The molecule has 0 radical (unpaired) electrons. The van der Waals surface area contributed by atoms with E-state index in [-0.39, 0.29) is 25.4 Å². The molecule has 5 atom stereocenters. The molecule has 10 heteroatoms. The summed E-state index contributed by atoms with van der Waals surface area (Å²) in [6.45, 7) is 11.0. The average molecular weight is 602 g/mol. The maximum atomic E-state index is 13.8. The van der Waals surface area contributed by atoms with Gasteiger partial charge in [-0.1, -0.05) is 36.4 Å². The number of esters is 2. The Morgan fingerprint density at radius 1 is 1.07 bits per heavy atom. The van der Waals surface area contributed by atoms with Gasteiger partial charge >= 0.3 is 11.9 Å². The van der Waals surface area contributed by atoms with E-state index in [0.717, 1.165) is 5.56 Å². The molecule has 232 valence electrons. The van der Waals surface area contributed by atoms with E-state index in [1.54, 1.807) is 46.9 Å². The van der Waals surface area contributed by atoms with Crippen molar-refractivity contribution < 1.29 is 33.3 Å². The summed E-state index contributed by atoms with van der Waals surface area (Å²) in [6.07, 6.45) is 1.94. The smallest absolute Gasteiger partial charge is 0.332 e. The number of carbonyl (C=O) groups is 3. The highest BCUT2D eigenvalue weighted by Crippen LogP contribution is 2.47. The molecule has 0 bridgehead atoms. The third kappa shape index (κ3) is 6.39. The van der Waals surface area contributed by atoms with Crippen molar-refractivity contribution in [1.29, 1.82) is 0 Å². The average Bonchev–Trinajstić information content (AvgIpc) is 3.55. The molecule has 2 aliphatic rings. The first-order valence-corrected chi connectivity index (χ1v) is 14.9. The van der Waals surface area contributed by atoms with Crippen LogP contribution in [0, 0.1) is 17.8 Å². The molecule has 1 heterocycles. The van der Waals surface area contributed by atoms with Crippen LogP contribution in [-0.2, 0) is 23.9 Å². The zero-order valence-electron chi connectivity index (χ0n) is 25.8. The molecule has 2 fully saturated rings. The number of ether oxygens (including phenoxy) is 4. The SMILES string of the molecule is C=CC1CC1(NC(=O)C1C[C@@H](Oc2nc(-c3ccccc3)nc3cc(OC)ccc23)C[C@H]1C(=O)OC(C)(C)C)C(=O)OCC. The lowest BCUT2D eigenvalue weighted by Crippen LogP contribution is -2.49. The molecule has 1 N–H and O–H groups in total. The number of hydrogen-bond acceptors (Lipinski definition) is 9. The lowest BCUT2D eigenvalue weighted by atomic mass is 9.94. The largest absolute Gasteiger partial charge is 0.497 e. The van der Waals surface area contributed by atoms with Crippen molar-refractivity contribution >= 4 is 28.7 Å². The Bertz CT molecular complexity index is 1570. The monoisotopic (exact) mass is 601 g/mol. The normalized spacial score (nSPS) is 24.3. The predicted octanol–water partition coefficient (Wildman–Crippen LogP) is 5.04. The Morgan fingerprint density at radius 2 is 1.80 bits per heavy atom. The van der Waals surface area contributed by atoms with Gasteiger partial charge in [0.15, 0.2) is 5.82 Å². The van der Waals surface area contributed by atoms with Gasteiger partial charge in [-0.3, -0.25) is 9.59 Å². The first-order valence-electron chi connectivity index (χ1n) is 14.9. The van der Waals surface area contributed by atoms with Gasteiger partial charge in [0, 0.05) is 17.5 Å².